The number of nitrogens with two attached hydrogens (primary N) is 2. The molecule has 0 aliphatic carbocycles. The SMILES string of the molecule is Nc1nc(N)c2nonc2n1. The van der Waals surface area contributed by atoms with Gasteiger partial charge in [-0.3, -0.25) is 0 Å². The molecule has 0 saturated heterocycles. The van der Waals surface area contributed by atoms with Crippen molar-refractivity contribution in [2.75, 3.05) is 11.5 Å². The van der Waals surface area contributed by atoms with E-state index in [2.05, 4.69) is 24.9 Å². The zero-order valence-corrected chi connectivity index (χ0v) is 5.35. The molecule has 7 heteroatoms. The van der Waals surface area contributed by atoms with Crippen LogP contribution in [0.2, 0.25) is 0 Å². The number of rotatable bonds is 0. The average molecular weight is 152 g/mol. The Morgan fingerprint density at radius 1 is 1.09 bits per heavy atom. The lowest BCUT2D eigenvalue weighted by Crippen LogP contribution is -1.99. The molecule has 2 aromatic heterocycles. The molecule has 2 aromatic rings. The zero-order chi connectivity index (χ0) is 7.84. The molecule has 4 N–H and O–H groups in total. The lowest BCUT2D eigenvalue weighted by atomic mass is 10.5. The summed E-state index contributed by atoms with van der Waals surface area (Å²) >= 11 is 0. The first-order valence-electron chi connectivity index (χ1n) is 2.78. The van der Waals surface area contributed by atoms with Crippen molar-refractivity contribution in [1.82, 2.24) is 20.3 Å². The molecule has 2 heterocycles. The maximum Gasteiger partial charge on any atom is 0.231 e. The van der Waals surface area contributed by atoms with E-state index in [0.29, 0.717) is 5.52 Å². The molecule has 0 amide bonds. The van der Waals surface area contributed by atoms with Crippen LogP contribution < -0.4 is 11.5 Å². The molecule has 2 rings (SSSR count). The quantitative estimate of drug-likeness (QED) is 0.506. The van der Waals surface area contributed by atoms with E-state index in [9.17, 15) is 0 Å². The normalized spacial score (nSPS) is 10.5. The molecule has 0 unspecified atom stereocenters. The van der Waals surface area contributed by atoms with E-state index in [4.69, 9.17) is 11.5 Å². The van der Waals surface area contributed by atoms with Crippen LogP contribution in [0.25, 0.3) is 11.2 Å². The smallest absolute Gasteiger partial charge is 0.231 e. The minimum atomic E-state index is 0.0608. The number of hydrogen-bond acceptors (Lipinski definition) is 7. The minimum absolute atomic E-state index is 0.0608. The van der Waals surface area contributed by atoms with Crippen molar-refractivity contribution in [1.29, 1.82) is 0 Å². The van der Waals surface area contributed by atoms with Crippen molar-refractivity contribution in [3.8, 4) is 0 Å². The summed E-state index contributed by atoms with van der Waals surface area (Å²) in [5, 5.41) is 6.91. The van der Waals surface area contributed by atoms with Gasteiger partial charge in [0.05, 0.1) is 0 Å². The highest BCUT2D eigenvalue weighted by Crippen LogP contribution is 2.12. The molecule has 11 heavy (non-hydrogen) atoms. The molecule has 0 atom stereocenters. The van der Waals surface area contributed by atoms with E-state index < -0.39 is 0 Å². The maximum absolute atomic E-state index is 5.41. The third-order valence-electron chi connectivity index (χ3n) is 1.17. The van der Waals surface area contributed by atoms with Gasteiger partial charge in [0.25, 0.3) is 0 Å². The van der Waals surface area contributed by atoms with Crippen molar-refractivity contribution in [3.63, 3.8) is 0 Å². The van der Waals surface area contributed by atoms with Crippen molar-refractivity contribution >= 4 is 22.9 Å². The summed E-state index contributed by atoms with van der Waals surface area (Å²) < 4.78 is 4.36. The van der Waals surface area contributed by atoms with Crippen molar-refractivity contribution in [2.45, 2.75) is 0 Å². The second-order valence-electron chi connectivity index (χ2n) is 1.90. The van der Waals surface area contributed by atoms with Crippen LogP contribution in [0.4, 0.5) is 11.8 Å². The number of anilines is 2. The van der Waals surface area contributed by atoms with Crippen molar-refractivity contribution in [2.24, 2.45) is 0 Å². The van der Waals surface area contributed by atoms with E-state index in [1.807, 2.05) is 0 Å². The molecule has 0 saturated carbocycles. The fraction of sp³-hybridized carbons (Fsp3) is 0. The van der Waals surface area contributed by atoms with Crippen LogP contribution in [0.3, 0.4) is 0 Å². The molecule has 0 aliphatic heterocycles. The third kappa shape index (κ3) is 0.741. The van der Waals surface area contributed by atoms with Crippen LogP contribution in [-0.2, 0) is 0 Å². The van der Waals surface area contributed by atoms with Gasteiger partial charge in [0.15, 0.2) is 11.3 Å². The molecule has 0 aliphatic rings. The van der Waals surface area contributed by atoms with Crippen LogP contribution >= 0.6 is 0 Å². The summed E-state index contributed by atoms with van der Waals surface area (Å²) in [5.74, 6) is 0.236. The van der Waals surface area contributed by atoms with Gasteiger partial charge in [-0.05, 0) is 10.3 Å². The highest BCUT2D eigenvalue weighted by Gasteiger charge is 2.07. The third-order valence-corrected chi connectivity index (χ3v) is 1.17. The molecule has 0 aromatic carbocycles. The van der Waals surface area contributed by atoms with Crippen LogP contribution in [0, 0.1) is 0 Å². The Labute approximate surface area is 60.4 Å². The molecule has 0 radical (unpaired) electrons. The van der Waals surface area contributed by atoms with E-state index in [-0.39, 0.29) is 17.4 Å². The topological polar surface area (TPSA) is 117 Å². The molecule has 0 spiro atoms. The molecular weight excluding hydrogens is 148 g/mol. The fourth-order valence-corrected chi connectivity index (χ4v) is 0.729. The minimum Gasteiger partial charge on any atom is -0.382 e. The van der Waals surface area contributed by atoms with Gasteiger partial charge in [0.1, 0.15) is 0 Å². The lowest BCUT2D eigenvalue weighted by Gasteiger charge is -1.91. The van der Waals surface area contributed by atoms with Gasteiger partial charge < -0.3 is 11.5 Å². The van der Waals surface area contributed by atoms with Gasteiger partial charge in [0.2, 0.25) is 11.6 Å². The summed E-state index contributed by atoms with van der Waals surface area (Å²) in [6.07, 6.45) is 0. The van der Waals surface area contributed by atoms with E-state index >= 15 is 0 Å². The van der Waals surface area contributed by atoms with E-state index in [0.717, 1.165) is 0 Å². The Balaban J connectivity index is 2.91. The Morgan fingerprint density at radius 3 is 2.73 bits per heavy atom. The van der Waals surface area contributed by atoms with Gasteiger partial charge in [-0.1, -0.05) is 0 Å². The zero-order valence-electron chi connectivity index (χ0n) is 5.35. The lowest BCUT2D eigenvalue weighted by molar-refractivity contribution is 0.315. The molecule has 56 valence electrons. The standard InChI is InChI=1S/C4H4N6O/c5-2-1-3(10-11-9-1)8-4(6)7-2/h(H4,5,6,7,8,10). The first-order chi connectivity index (χ1) is 5.27. The Bertz CT molecular complexity index is 394. The van der Waals surface area contributed by atoms with E-state index in [1.165, 1.54) is 0 Å². The van der Waals surface area contributed by atoms with Gasteiger partial charge in [-0.2, -0.15) is 9.97 Å². The molecule has 0 bridgehead atoms. The number of fused-ring (bicyclic) bond motifs is 1. The molecule has 7 nitrogen and oxygen atoms in total. The average Bonchev–Trinajstić information content (AvgIpc) is 2.34. The van der Waals surface area contributed by atoms with Gasteiger partial charge in [0, 0.05) is 0 Å². The van der Waals surface area contributed by atoms with Gasteiger partial charge in [-0.25, -0.2) is 4.63 Å². The van der Waals surface area contributed by atoms with Crippen LogP contribution in [-0.4, -0.2) is 20.3 Å². The maximum atomic E-state index is 5.41. The van der Waals surface area contributed by atoms with E-state index in [1.54, 1.807) is 0 Å². The summed E-state index contributed by atoms with van der Waals surface area (Å²) in [7, 11) is 0. The Morgan fingerprint density at radius 2 is 1.91 bits per heavy atom. The predicted molar refractivity (Wildman–Crippen MR) is 36.2 cm³/mol. The van der Waals surface area contributed by atoms with Crippen LogP contribution in [0.15, 0.2) is 4.63 Å². The summed E-state index contributed by atoms with van der Waals surface area (Å²) in [6.45, 7) is 0. The monoisotopic (exact) mass is 152 g/mol. The Hall–Kier alpha value is -1.92. The summed E-state index contributed by atoms with van der Waals surface area (Å²) in [6, 6.07) is 0. The second-order valence-corrected chi connectivity index (χ2v) is 1.90. The van der Waals surface area contributed by atoms with Crippen molar-refractivity contribution in [3.05, 3.63) is 0 Å². The van der Waals surface area contributed by atoms with Crippen LogP contribution in [0.1, 0.15) is 0 Å². The summed E-state index contributed by atoms with van der Waals surface area (Å²) in [4.78, 5) is 7.37. The molecule has 0 fully saturated rings. The highest BCUT2D eigenvalue weighted by molar-refractivity contribution is 5.80. The fourth-order valence-electron chi connectivity index (χ4n) is 0.729. The number of nitrogen functional groups attached to an aromatic ring is 2. The van der Waals surface area contributed by atoms with Crippen molar-refractivity contribution < 1.29 is 4.63 Å². The molecular formula is C4H4N6O. The van der Waals surface area contributed by atoms with Gasteiger partial charge >= 0.3 is 0 Å². The largest absolute Gasteiger partial charge is 0.382 e. The second kappa shape index (κ2) is 1.78. The predicted octanol–water partition coefficient (Wildman–Crippen LogP) is -0.823. The Kier molecular flexibility index (Phi) is 0.945. The number of nitrogens with zero attached hydrogens (tertiary/aromatic N) is 4. The van der Waals surface area contributed by atoms with Crippen LogP contribution in [0.5, 0.6) is 0 Å². The highest BCUT2D eigenvalue weighted by atomic mass is 16.6. The summed E-state index contributed by atoms with van der Waals surface area (Å²) in [5.41, 5.74) is 11.3. The first-order valence-corrected chi connectivity index (χ1v) is 2.78. The number of aromatic nitrogens is 4. The van der Waals surface area contributed by atoms with Gasteiger partial charge in [-0.15, -0.1) is 0 Å². The number of hydrogen-bond donors (Lipinski definition) is 2. The first kappa shape index (κ1) is 5.83.